The molecule has 7 nitrogen and oxygen atoms in total. The minimum atomic E-state index is -1.18. The summed E-state index contributed by atoms with van der Waals surface area (Å²) < 4.78 is 5.52. The average molecular weight is 331 g/mol. The molecule has 1 atom stereocenters. The fourth-order valence-corrected chi connectivity index (χ4v) is 2.41. The molecule has 0 spiro atoms. The van der Waals surface area contributed by atoms with Crippen molar-refractivity contribution in [1.29, 1.82) is 0 Å². The zero-order chi connectivity index (χ0) is 17.9. The second-order valence-electron chi connectivity index (χ2n) is 6.00. The van der Waals surface area contributed by atoms with Crippen LogP contribution in [-0.2, 0) is 15.1 Å². The molecule has 4 amide bonds. The second-order valence-corrected chi connectivity index (χ2v) is 6.00. The summed E-state index contributed by atoms with van der Waals surface area (Å²) in [5.41, 5.74) is 5.43. The van der Waals surface area contributed by atoms with E-state index < -0.39 is 23.4 Å². The van der Waals surface area contributed by atoms with Gasteiger partial charge in [-0.3, -0.25) is 14.5 Å². The number of rotatable bonds is 7. The summed E-state index contributed by atoms with van der Waals surface area (Å²) in [4.78, 5) is 36.5. The van der Waals surface area contributed by atoms with E-state index >= 15 is 0 Å². The van der Waals surface area contributed by atoms with Crippen LogP contribution in [0.25, 0.3) is 0 Å². The maximum absolute atomic E-state index is 12.6. The van der Waals surface area contributed by atoms with E-state index in [0.717, 1.165) is 10.5 Å². The Bertz CT molecular complexity index is 684. The maximum Gasteiger partial charge on any atom is 0.325 e. The van der Waals surface area contributed by atoms with Gasteiger partial charge in [-0.25, -0.2) is 4.79 Å². The molecule has 0 bridgehead atoms. The van der Waals surface area contributed by atoms with E-state index in [9.17, 15) is 14.4 Å². The predicted octanol–water partition coefficient (Wildman–Crippen LogP) is 1.28. The van der Waals surface area contributed by atoms with Crippen molar-refractivity contribution in [2.75, 3.05) is 13.2 Å². The summed E-state index contributed by atoms with van der Waals surface area (Å²) in [6.45, 7) is 7.63. The predicted molar refractivity (Wildman–Crippen MR) is 88.2 cm³/mol. The van der Waals surface area contributed by atoms with Gasteiger partial charge < -0.3 is 15.8 Å². The number of carbonyl (C=O) groups is 3. The molecule has 1 aliphatic heterocycles. The van der Waals surface area contributed by atoms with Crippen LogP contribution in [0.5, 0.6) is 5.75 Å². The lowest BCUT2D eigenvalue weighted by Gasteiger charge is -2.22. The Balaban J connectivity index is 2.15. The number of hydrogen-bond acceptors (Lipinski definition) is 4. The minimum absolute atomic E-state index is 0.0323. The molecule has 1 aliphatic rings. The van der Waals surface area contributed by atoms with Gasteiger partial charge in [-0.15, -0.1) is 0 Å². The number of carbonyl (C=O) groups excluding carboxylic acids is 3. The smallest absolute Gasteiger partial charge is 0.325 e. The van der Waals surface area contributed by atoms with Gasteiger partial charge in [0.1, 0.15) is 17.9 Å². The van der Waals surface area contributed by atoms with E-state index in [2.05, 4.69) is 11.9 Å². The van der Waals surface area contributed by atoms with E-state index in [0.29, 0.717) is 17.9 Å². The molecule has 1 aromatic rings. The molecule has 1 fully saturated rings. The van der Waals surface area contributed by atoms with Crippen molar-refractivity contribution < 1.29 is 19.1 Å². The van der Waals surface area contributed by atoms with Crippen LogP contribution >= 0.6 is 0 Å². The summed E-state index contributed by atoms with van der Waals surface area (Å²) in [6.07, 6.45) is -0.0665. The quantitative estimate of drug-likeness (QED) is 0.580. The fourth-order valence-electron chi connectivity index (χ4n) is 2.41. The van der Waals surface area contributed by atoms with Crippen LogP contribution in [0.4, 0.5) is 4.79 Å². The molecule has 1 saturated heterocycles. The fraction of sp³-hybridized carbons (Fsp3) is 0.353. The highest BCUT2D eigenvalue weighted by Gasteiger charge is 2.48. The monoisotopic (exact) mass is 331 g/mol. The zero-order valence-corrected chi connectivity index (χ0v) is 13.8. The molecular weight excluding hydrogens is 310 g/mol. The number of imide groups is 1. The third-order valence-electron chi connectivity index (χ3n) is 3.77. The first-order valence-electron chi connectivity index (χ1n) is 7.54. The van der Waals surface area contributed by atoms with Crippen LogP contribution < -0.4 is 15.8 Å². The molecule has 0 aliphatic carbocycles. The van der Waals surface area contributed by atoms with Crippen molar-refractivity contribution >= 4 is 17.8 Å². The molecule has 0 radical (unpaired) electrons. The maximum atomic E-state index is 12.6. The normalized spacial score (nSPS) is 20.0. The molecule has 1 aromatic carbocycles. The third-order valence-corrected chi connectivity index (χ3v) is 3.77. The molecule has 1 heterocycles. The second kappa shape index (κ2) is 6.74. The Labute approximate surface area is 140 Å². The number of benzene rings is 1. The van der Waals surface area contributed by atoms with Gasteiger partial charge >= 0.3 is 6.03 Å². The van der Waals surface area contributed by atoms with Gasteiger partial charge in [0.15, 0.2) is 0 Å². The highest BCUT2D eigenvalue weighted by molar-refractivity contribution is 6.07. The molecule has 3 N–H and O–H groups in total. The van der Waals surface area contributed by atoms with Crippen LogP contribution in [0.1, 0.15) is 25.8 Å². The summed E-state index contributed by atoms with van der Waals surface area (Å²) in [6, 6.07) is 6.38. The van der Waals surface area contributed by atoms with Gasteiger partial charge in [0.05, 0.1) is 0 Å². The Hall–Kier alpha value is -2.83. The van der Waals surface area contributed by atoms with Crippen LogP contribution in [0.3, 0.4) is 0 Å². The Kier molecular flexibility index (Phi) is 4.92. The summed E-state index contributed by atoms with van der Waals surface area (Å²) in [5.74, 6) is -0.333. The van der Waals surface area contributed by atoms with E-state index in [1.807, 2.05) is 6.92 Å². The first-order valence-corrected chi connectivity index (χ1v) is 7.54. The Morgan fingerprint density at radius 2 is 1.96 bits per heavy atom. The van der Waals surface area contributed by atoms with E-state index in [4.69, 9.17) is 10.5 Å². The first-order chi connectivity index (χ1) is 11.2. The lowest BCUT2D eigenvalue weighted by atomic mass is 9.92. The van der Waals surface area contributed by atoms with Gasteiger partial charge in [0, 0.05) is 13.0 Å². The van der Waals surface area contributed by atoms with E-state index in [1.165, 1.54) is 0 Å². The number of amides is 4. The van der Waals surface area contributed by atoms with Gasteiger partial charge in [0.2, 0.25) is 5.91 Å². The molecular formula is C17H21N3O4. The molecule has 0 aromatic heterocycles. The standard InChI is InChI=1S/C17H21N3O4/c1-11(2)10-24-13-6-4-12(5-7-13)17(3)15(22)20(16(23)19-17)9-8-14(18)21/h4-7H,1,8-10H2,2-3H3,(H2,18,21)(H,19,23). The van der Waals surface area contributed by atoms with Crippen LogP contribution in [0.2, 0.25) is 0 Å². The molecule has 128 valence electrons. The average Bonchev–Trinajstić information content (AvgIpc) is 2.74. The van der Waals surface area contributed by atoms with Crippen molar-refractivity contribution in [3.8, 4) is 5.75 Å². The molecule has 24 heavy (non-hydrogen) atoms. The number of hydrogen-bond donors (Lipinski definition) is 2. The zero-order valence-electron chi connectivity index (χ0n) is 13.8. The topological polar surface area (TPSA) is 102 Å². The van der Waals surface area contributed by atoms with E-state index in [1.54, 1.807) is 31.2 Å². The number of nitrogens with one attached hydrogen (secondary N) is 1. The van der Waals surface area contributed by atoms with Gasteiger partial charge in [-0.1, -0.05) is 18.7 Å². The molecule has 0 saturated carbocycles. The SMILES string of the molecule is C=C(C)COc1ccc(C2(C)NC(=O)N(CCC(N)=O)C2=O)cc1. The number of urea groups is 1. The lowest BCUT2D eigenvalue weighted by molar-refractivity contribution is -0.131. The van der Waals surface area contributed by atoms with Crippen LogP contribution in [0, 0.1) is 0 Å². The van der Waals surface area contributed by atoms with Gasteiger partial charge in [0.25, 0.3) is 5.91 Å². The number of nitrogens with zero attached hydrogens (tertiary/aromatic N) is 1. The molecule has 7 heteroatoms. The highest BCUT2D eigenvalue weighted by atomic mass is 16.5. The lowest BCUT2D eigenvalue weighted by Crippen LogP contribution is -2.41. The molecule has 2 rings (SSSR count). The third kappa shape index (κ3) is 3.56. The number of nitrogens with two attached hydrogens (primary N) is 1. The van der Waals surface area contributed by atoms with E-state index in [-0.39, 0.29) is 13.0 Å². The van der Waals surface area contributed by atoms with Crippen LogP contribution in [0.15, 0.2) is 36.4 Å². The van der Waals surface area contributed by atoms with Gasteiger partial charge in [-0.2, -0.15) is 0 Å². The number of primary amides is 1. The van der Waals surface area contributed by atoms with Crippen molar-refractivity contribution in [1.82, 2.24) is 10.2 Å². The summed E-state index contributed by atoms with van der Waals surface area (Å²) >= 11 is 0. The minimum Gasteiger partial charge on any atom is -0.489 e. The van der Waals surface area contributed by atoms with Gasteiger partial charge in [-0.05, 0) is 37.1 Å². The summed E-state index contributed by atoms with van der Waals surface area (Å²) in [5, 5.41) is 2.67. The summed E-state index contributed by atoms with van der Waals surface area (Å²) in [7, 11) is 0. The first kappa shape index (κ1) is 17.5. The van der Waals surface area contributed by atoms with Crippen molar-refractivity contribution in [2.45, 2.75) is 25.8 Å². The number of ether oxygens (including phenoxy) is 1. The Morgan fingerprint density at radius 1 is 1.33 bits per heavy atom. The highest BCUT2D eigenvalue weighted by Crippen LogP contribution is 2.30. The van der Waals surface area contributed by atoms with Crippen molar-refractivity contribution in [2.24, 2.45) is 5.73 Å². The van der Waals surface area contributed by atoms with Crippen molar-refractivity contribution in [3.05, 3.63) is 42.0 Å². The molecule has 1 unspecified atom stereocenters. The van der Waals surface area contributed by atoms with Crippen LogP contribution in [-0.4, -0.2) is 35.9 Å². The Morgan fingerprint density at radius 3 is 2.50 bits per heavy atom. The largest absolute Gasteiger partial charge is 0.489 e. The van der Waals surface area contributed by atoms with Crippen molar-refractivity contribution in [3.63, 3.8) is 0 Å².